The standard InChI is InChI=1S/C15H22N2O2/c1-11(12-5-3-6-13(16)9-12)14(18)17-10-15(19-2)7-4-8-15/h3,5-6,9,11H,4,7-8,10,16H2,1-2H3,(H,17,18). The van der Waals surface area contributed by atoms with E-state index in [0.29, 0.717) is 12.2 Å². The molecule has 0 radical (unpaired) electrons. The molecule has 4 heteroatoms. The molecule has 0 bridgehead atoms. The maximum Gasteiger partial charge on any atom is 0.227 e. The summed E-state index contributed by atoms with van der Waals surface area (Å²) in [5, 5.41) is 2.99. The van der Waals surface area contributed by atoms with E-state index in [1.54, 1.807) is 7.11 Å². The maximum atomic E-state index is 12.1. The average Bonchev–Trinajstić information content (AvgIpc) is 2.37. The number of ether oxygens (including phenoxy) is 1. The fourth-order valence-electron chi connectivity index (χ4n) is 2.41. The Morgan fingerprint density at radius 2 is 2.26 bits per heavy atom. The molecule has 1 amide bonds. The Kier molecular flexibility index (Phi) is 4.10. The van der Waals surface area contributed by atoms with Crippen LogP contribution in [0, 0.1) is 0 Å². The number of carbonyl (C=O) groups is 1. The highest BCUT2D eigenvalue weighted by Crippen LogP contribution is 2.34. The number of amides is 1. The van der Waals surface area contributed by atoms with Gasteiger partial charge in [-0.05, 0) is 43.9 Å². The number of nitrogens with two attached hydrogens (primary N) is 1. The van der Waals surface area contributed by atoms with Crippen molar-refractivity contribution in [2.45, 2.75) is 37.7 Å². The Bertz CT molecular complexity index is 450. The smallest absolute Gasteiger partial charge is 0.227 e. The number of nitrogens with one attached hydrogen (secondary N) is 1. The van der Waals surface area contributed by atoms with Gasteiger partial charge in [-0.1, -0.05) is 12.1 Å². The molecule has 1 unspecified atom stereocenters. The van der Waals surface area contributed by atoms with Crippen molar-refractivity contribution >= 4 is 11.6 Å². The number of hydrogen-bond acceptors (Lipinski definition) is 3. The van der Waals surface area contributed by atoms with Gasteiger partial charge in [-0.15, -0.1) is 0 Å². The average molecular weight is 262 g/mol. The first kappa shape index (κ1) is 13.9. The molecule has 2 rings (SSSR count). The number of nitrogen functional groups attached to an aromatic ring is 1. The Morgan fingerprint density at radius 3 is 2.79 bits per heavy atom. The van der Waals surface area contributed by atoms with E-state index in [2.05, 4.69) is 5.32 Å². The van der Waals surface area contributed by atoms with E-state index in [4.69, 9.17) is 10.5 Å². The number of carbonyl (C=O) groups excluding carboxylic acids is 1. The lowest BCUT2D eigenvalue weighted by atomic mass is 9.80. The predicted molar refractivity (Wildman–Crippen MR) is 75.9 cm³/mol. The molecule has 1 aromatic rings. The molecule has 4 nitrogen and oxygen atoms in total. The van der Waals surface area contributed by atoms with Crippen LogP contribution in [0.25, 0.3) is 0 Å². The zero-order valence-corrected chi connectivity index (χ0v) is 11.6. The monoisotopic (exact) mass is 262 g/mol. The van der Waals surface area contributed by atoms with Crippen molar-refractivity contribution in [3.05, 3.63) is 29.8 Å². The molecule has 3 N–H and O–H groups in total. The molecule has 1 aromatic carbocycles. The Balaban J connectivity index is 1.92. The van der Waals surface area contributed by atoms with E-state index in [0.717, 1.165) is 18.4 Å². The Hall–Kier alpha value is -1.55. The van der Waals surface area contributed by atoms with Gasteiger partial charge in [0.2, 0.25) is 5.91 Å². The predicted octanol–water partition coefficient (Wildman–Crippen LogP) is 2.06. The summed E-state index contributed by atoms with van der Waals surface area (Å²) < 4.78 is 5.49. The zero-order valence-electron chi connectivity index (χ0n) is 11.6. The minimum Gasteiger partial charge on any atom is -0.399 e. The molecular weight excluding hydrogens is 240 g/mol. The minimum atomic E-state index is -0.197. The van der Waals surface area contributed by atoms with Crippen LogP contribution in [0.2, 0.25) is 0 Å². The summed E-state index contributed by atoms with van der Waals surface area (Å²) >= 11 is 0. The summed E-state index contributed by atoms with van der Waals surface area (Å²) in [6.45, 7) is 2.49. The molecule has 1 aliphatic carbocycles. The van der Waals surface area contributed by atoms with Gasteiger partial charge in [0.25, 0.3) is 0 Å². The summed E-state index contributed by atoms with van der Waals surface area (Å²) in [5.41, 5.74) is 7.23. The van der Waals surface area contributed by atoms with Crippen LogP contribution in [0.3, 0.4) is 0 Å². The number of hydrogen-bond donors (Lipinski definition) is 2. The Labute approximate surface area is 114 Å². The first-order valence-corrected chi connectivity index (χ1v) is 6.75. The van der Waals surface area contributed by atoms with Crippen molar-refractivity contribution in [3.63, 3.8) is 0 Å². The second-order valence-corrected chi connectivity index (χ2v) is 5.35. The van der Waals surface area contributed by atoms with Gasteiger partial charge in [0.05, 0.1) is 11.5 Å². The van der Waals surface area contributed by atoms with Crippen molar-refractivity contribution < 1.29 is 9.53 Å². The molecule has 19 heavy (non-hydrogen) atoms. The molecule has 0 saturated heterocycles. The molecule has 1 atom stereocenters. The first-order valence-electron chi connectivity index (χ1n) is 6.75. The molecule has 0 aliphatic heterocycles. The second-order valence-electron chi connectivity index (χ2n) is 5.35. The number of anilines is 1. The van der Waals surface area contributed by atoms with Crippen LogP contribution >= 0.6 is 0 Å². The third kappa shape index (κ3) is 3.07. The zero-order chi connectivity index (χ0) is 13.9. The topological polar surface area (TPSA) is 64.3 Å². The van der Waals surface area contributed by atoms with Crippen LogP contribution in [-0.4, -0.2) is 25.2 Å². The molecule has 104 valence electrons. The van der Waals surface area contributed by atoms with E-state index < -0.39 is 0 Å². The highest BCUT2D eigenvalue weighted by Gasteiger charge is 2.37. The van der Waals surface area contributed by atoms with Gasteiger partial charge in [-0.2, -0.15) is 0 Å². The molecule has 0 heterocycles. The fraction of sp³-hybridized carbons (Fsp3) is 0.533. The molecule has 0 aromatic heterocycles. The van der Waals surface area contributed by atoms with Crippen LogP contribution in [0.15, 0.2) is 24.3 Å². The van der Waals surface area contributed by atoms with Crippen LogP contribution in [0.1, 0.15) is 37.7 Å². The third-order valence-electron chi connectivity index (χ3n) is 4.09. The van der Waals surface area contributed by atoms with E-state index >= 15 is 0 Å². The van der Waals surface area contributed by atoms with Crippen LogP contribution in [0.5, 0.6) is 0 Å². The highest BCUT2D eigenvalue weighted by atomic mass is 16.5. The summed E-state index contributed by atoms with van der Waals surface area (Å²) in [6, 6.07) is 7.47. The van der Waals surface area contributed by atoms with Gasteiger partial charge in [0.15, 0.2) is 0 Å². The van der Waals surface area contributed by atoms with E-state index in [1.807, 2.05) is 31.2 Å². The van der Waals surface area contributed by atoms with Gasteiger partial charge >= 0.3 is 0 Å². The molecule has 0 spiro atoms. The van der Waals surface area contributed by atoms with Crippen molar-refractivity contribution in [1.29, 1.82) is 0 Å². The van der Waals surface area contributed by atoms with E-state index in [9.17, 15) is 4.79 Å². The lowest BCUT2D eigenvalue weighted by molar-refractivity contribution is -0.126. The van der Waals surface area contributed by atoms with Crippen molar-refractivity contribution in [2.24, 2.45) is 0 Å². The number of benzene rings is 1. The quantitative estimate of drug-likeness (QED) is 0.798. The lowest BCUT2D eigenvalue weighted by Crippen LogP contribution is -2.50. The normalized spacial score (nSPS) is 18.4. The largest absolute Gasteiger partial charge is 0.399 e. The SMILES string of the molecule is COC1(CNC(=O)C(C)c2cccc(N)c2)CCC1. The fourth-order valence-corrected chi connectivity index (χ4v) is 2.41. The number of methoxy groups -OCH3 is 1. The molecular formula is C15H22N2O2. The first-order chi connectivity index (χ1) is 9.06. The molecule has 1 saturated carbocycles. The molecule has 1 fully saturated rings. The van der Waals surface area contributed by atoms with Crippen molar-refractivity contribution in [1.82, 2.24) is 5.32 Å². The summed E-state index contributed by atoms with van der Waals surface area (Å²) in [5.74, 6) is -0.175. The van der Waals surface area contributed by atoms with Crippen LogP contribution < -0.4 is 11.1 Å². The van der Waals surface area contributed by atoms with Gasteiger partial charge in [0, 0.05) is 19.3 Å². The third-order valence-corrected chi connectivity index (χ3v) is 4.09. The van der Waals surface area contributed by atoms with Gasteiger partial charge in [0.1, 0.15) is 0 Å². The Morgan fingerprint density at radius 1 is 1.53 bits per heavy atom. The summed E-state index contributed by atoms with van der Waals surface area (Å²) in [7, 11) is 1.71. The van der Waals surface area contributed by atoms with Gasteiger partial charge in [-0.25, -0.2) is 0 Å². The van der Waals surface area contributed by atoms with Crippen molar-refractivity contribution in [3.8, 4) is 0 Å². The van der Waals surface area contributed by atoms with Crippen molar-refractivity contribution in [2.75, 3.05) is 19.4 Å². The van der Waals surface area contributed by atoms with Gasteiger partial charge in [-0.3, -0.25) is 4.79 Å². The highest BCUT2D eigenvalue weighted by molar-refractivity contribution is 5.83. The van der Waals surface area contributed by atoms with Crippen LogP contribution in [0.4, 0.5) is 5.69 Å². The second kappa shape index (κ2) is 5.61. The van der Waals surface area contributed by atoms with Crippen LogP contribution in [-0.2, 0) is 9.53 Å². The molecule has 1 aliphatic rings. The summed E-state index contributed by atoms with van der Waals surface area (Å²) in [6.07, 6.45) is 3.22. The minimum absolute atomic E-state index is 0.0222. The van der Waals surface area contributed by atoms with E-state index in [-0.39, 0.29) is 17.4 Å². The number of rotatable bonds is 5. The van der Waals surface area contributed by atoms with Gasteiger partial charge < -0.3 is 15.8 Å². The summed E-state index contributed by atoms with van der Waals surface area (Å²) in [4.78, 5) is 12.1. The van der Waals surface area contributed by atoms with E-state index in [1.165, 1.54) is 6.42 Å². The lowest BCUT2D eigenvalue weighted by Gasteiger charge is -2.40. The maximum absolute atomic E-state index is 12.1.